The van der Waals surface area contributed by atoms with E-state index in [0.717, 1.165) is 18.3 Å². The zero-order valence-corrected chi connectivity index (χ0v) is 14.2. The molecule has 122 valence electrons. The molecule has 3 unspecified atom stereocenters. The predicted octanol–water partition coefficient (Wildman–Crippen LogP) is 5.02. The SMILES string of the molecule is C=C1CCC2C3CCc4cc(OC(C)=O)ccc4C3CC[C@]12C. The lowest BCUT2D eigenvalue weighted by molar-refractivity contribution is -0.131. The van der Waals surface area contributed by atoms with Gasteiger partial charge in [-0.2, -0.15) is 0 Å². The van der Waals surface area contributed by atoms with Crippen molar-refractivity contribution in [2.24, 2.45) is 17.3 Å². The first kappa shape index (κ1) is 15.0. The summed E-state index contributed by atoms with van der Waals surface area (Å²) in [4.78, 5) is 11.2. The standard InChI is InChI=1S/C21H26O2/c1-13-4-9-20-19-7-5-15-12-16(23-14(2)22)6-8-17(15)18(19)10-11-21(13,20)3/h6,8,12,18-20H,1,4-5,7,9-11H2,2-3H3/t18?,19?,20?,21-/m1/s1. The van der Waals surface area contributed by atoms with Gasteiger partial charge in [0.15, 0.2) is 0 Å². The van der Waals surface area contributed by atoms with Crippen molar-refractivity contribution in [1.82, 2.24) is 0 Å². The van der Waals surface area contributed by atoms with Gasteiger partial charge in [0.2, 0.25) is 0 Å². The fourth-order valence-corrected chi connectivity index (χ4v) is 5.70. The highest BCUT2D eigenvalue weighted by atomic mass is 16.5. The number of carbonyl (C=O) groups excluding carboxylic acids is 1. The summed E-state index contributed by atoms with van der Waals surface area (Å²) in [7, 11) is 0. The molecule has 2 nitrogen and oxygen atoms in total. The van der Waals surface area contributed by atoms with Crippen LogP contribution in [0.4, 0.5) is 0 Å². The van der Waals surface area contributed by atoms with E-state index in [9.17, 15) is 4.79 Å². The Hall–Kier alpha value is -1.57. The third-order valence-electron chi connectivity index (χ3n) is 6.91. The topological polar surface area (TPSA) is 26.3 Å². The molecule has 2 heteroatoms. The van der Waals surface area contributed by atoms with Gasteiger partial charge >= 0.3 is 5.97 Å². The van der Waals surface area contributed by atoms with Crippen LogP contribution < -0.4 is 4.74 Å². The lowest BCUT2D eigenvalue weighted by atomic mass is 9.55. The molecule has 0 aliphatic heterocycles. The summed E-state index contributed by atoms with van der Waals surface area (Å²) < 4.78 is 5.27. The number of allylic oxidation sites excluding steroid dienone is 1. The van der Waals surface area contributed by atoms with E-state index in [4.69, 9.17) is 4.74 Å². The van der Waals surface area contributed by atoms with Crippen LogP contribution in [0.25, 0.3) is 0 Å². The molecule has 0 heterocycles. The smallest absolute Gasteiger partial charge is 0.308 e. The average Bonchev–Trinajstić information content (AvgIpc) is 2.82. The van der Waals surface area contributed by atoms with Gasteiger partial charge in [0.1, 0.15) is 5.75 Å². The fraction of sp³-hybridized carbons (Fsp3) is 0.571. The molecule has 4 atom stereocenters. The van der Waals surface area contributed by atoms with Crippen LogP contribution in [0.3, 0.4) is 0 Å². The number of fused-ring (bicyclic) bond motifs is 5. The predicted molar refractivity (Wildman–Crippen MR) is 91.5 cm³/mol. The maximum atomic E-state index is 11.2. The quantitative estimate of drug-likeness (QED) is 0.413. The van der Waals surface area contributed by atoms with Gasteiger partial charge in [-0.1, -0.05) is 25.1 Å². The van der Waals surface area contributed by atoms with Crippen molar-refractivity contribution < 1.29 is 9.53 Å². The second-order valence-corrected chi connectivity index (χ2v) is 7.97. The minimum absolute atomic E-state index is 0.239. The highest BCUT2D eigenvalue weighted by Crippen LogP contribution is 2.62. The summed E-state index contributed by atoms with van der Waals surface area (Å²) in [5, 5.41) is 0. The van der Waals surface area contributed by atoms with Gasteiger partial charge in [-0.15, -0.1) is 0 Å². The third kappa shape index (κ3) is 2.26. The number of carbonyl (C=O) groups is 1. The summed E-state index contributed by atoms with van der Waals surface area (Å²) in [5.74, 6) is 2.77. The van der Waals surface area contributed by atoms with Crippen molar-refractivity contribution in [2.45, 2.75) is 58.3 Å². The molecular formula is C21H26O2. The Kier molecular flexibility index (Phi) is 3.40. The number of benzene rings is 1. The summed E-state index contributed by atoms with van der Waals surface area (Å²) in [6.07, 6.45) is 7.50. The lowest BCUT2D eigenvalue weighted by Gasteiger charge is -2.49. The summed E-state index contributed by atoms with van der Waals surface area (Å²) in [6, 6.07) is 6.29. The number of hydrogen-bond donors (Lipinski definition) is 0. The molecule has 0 amide bonds. The maximum absolute atomic E-state index is 11.2. The molecule has 3 aliphatic carbocycles. The highest BCUT2D eigenvalue weighted by molar-refractivity contribution is 5.69. The Morgan fingerprint density at radius 2 is 2.09 bits per heavy atom. The molecule has 0 bridgehead atoms. The first-order chi connectivity index (χ1) is 11.0. The van der Waals surface area contributed by atoms with E-state index in [1.54, 1.807) is 0 Å². The van der Waals surface area contributed by atoms with Crippen molar-refractivity contribution in [2.75, 3.05) is 0 Å². The molecule has 0 N–H and O–H groups in total. The molecule has 0 saturated heterocycles. The zero-order chi connectivity index (χ0) is 16.2. The number of ether oxygens (including phenoxy) is 1. The summed E-state index contributed by atoms with van der Waals surface area (Å²) in [6.45, 7) is 8.31. The summed E-state index contributed by atoms with van der Waals surface area (Å²) >= 11 is 0. The van der Waals surface area contributed by atoms with Crippen LogP contribution in [0.1, 0.15) is 63.0 Å². The highest BCUT2D eigenvalue weighted by Gasteiger charge is 2.51. The van der Waals surface area contributed by atoms with Crippen LogP contribution in [0, 0.1) is 17.3 Å². The van der Waals surface area contributed by atoms with E-state index in [2.05, 4.69) is 25.6 Å². The van der Waals surface area contributed by atoms with Crippen LogP contribution in [0.5, 0.6) is 5.75 Å². The van der Waals surface area contributed by atoms with Gasteiger partial charge < -0.3 is 4.74 Å². The van der Waals surface area contributed by atoms with E-state index in [1.807, 2.05) is 6.07 Å². The Balaban J connectivity index is 1.65. The van der Waals surface area contributed by atoms with E-state index >= 15 is 0 Å². The zero-order valence-electron chi connectivity index (χ0n) is 14.2. The summed E-state index contributed by atoms with van der Waals surface area (Å²) in [5.41, 5.74) is 4.79. The van der Waals surface area contributed by atoms with Crippen LogP contribution in [-0.4, -0.2) is 5.97 Å². The van der Waals surface area contributed by atoms with E-state index in [-0.39, 0.29) is 5.97 Å². The molecular weight excluding hydrogens is 284 g/mol. The molecule has 4 rings (SSSR count). The second kappa shape index (κ2) is 5.22. The monoisotopic (exact) mass is 310 g/mol. The molecule has 3 aliphatic rings. The van der Waals surface area contributed by atoms with E-state index in [0.29, 0.717) is 17.1 Å². The number of aryl methyl sites for hydroxylation is 1. The van der Waals surface area contributed by atoms with Crippen molar-refractivity contribution in [3.63, 3.8) is 0 Å². The minimum atomic E-state index is -0.239. The van der Waals surface area contributed by atoms with E-state index < -0.39 is 0 Å². The fourth-order valence-electron chi connectivity index (χ4n) is 5.70. The molecule has 23 heavy (non-hydrogen) atoms. The first-order valence-corrected chi connectivity index (χ1v) is 8.98. The Labute approximate surface area is 138 Å². The second-order valence-electron chi connectivity index (χ2n) is 7.97. The van der Waals surface area contributed by atoms with Crippen LogP contribution >= 0.6 is 0 Å². The maximum Gasteiger partial charge on any atom is 0.308 e. The van der Waals surface area contributed by atoms with Crippen molar-refractivity contribution in [1.29, 1.82) is 0 Å². The van der Waals surface area contributed by atoms with Crippen LogP contribution in [0.2, 0.25) is 0 Å². The van der Waals surface area contributed by atoms with Gasteiger partial charge in [-0.3, -0.25) is 4.79 Å². The van der Waals surface area contributed by atoms with Gasteiger partial charge in [-0.25, -0.2) is 0 Å². The van der Waals surface area contributed by atoms with Crippen molar-refractivity contribution in [3.8, 4) is 5.75 Å². The number of hydrogen-bond acceptors (Lipinski definition) is 2. The average molecular weight is 310 g/mol. The molecule has 0 aromatic heterocycles. The van der Waals surface area contributed by atoms with Crippen molar-refractivity contribution >= 4 is 5.97 Å². The van der Waals surface area contributed by atoms with Crippen LogP contribution in [0.15, 0.2) is 30.4 Å². The normalized spacial score (nSPS) is 35.2. The molecule has 0 radical (unpaired) electrons. The van der Waals surface area contributed by atoms with Crippen molar-refractivity contribution in [3.05, 3.63) is 41.5 Å². The molecule has 2 saturated carbocycles. The lowest BCUT2D eigenvalue weighted by Crippen LogP contribution is -2.40. The number of rotatable bonds is 1. The van der Waals surface area contributed by atoms with E-state index in [1.165, 1.54) is 55.7 Å². The minimum Gasteiger partial charge on any atom is -0.427 e. The third-order valence-corrected chi connectivity index (χ3v) is 6.91. The van der Waals surface area contributed by atoms with Gasteiger partial charge in [0, 0.05) is 6.92 Å². The largest absolute Gasteiger partial charge is 0.427 e. The van der Waals surface area contributed by atoms with Gasteiger partial charge in [-0.05, 0) is 85.0 Å². The van der Waals surface area contributed by atoms with Gasteiger partial charge in [0.05, 0.1) is 0 Å². The Morgan fingerprint density at radius 3 is 2.87 bits per heavy atom. The van der Waals surface area contributed by atoms with Crippen LogP contribution in [-0.2, 0) is 11.2 Å². The Morgan fingerprint density at radius 1 is 1.26 bits per heavy atom. The molecule has 0 spiro atoms. The molecule has 1 aromatic rings. The first-order valence-electron chi connectivity index (χ1n) is 8.98. The molecule has 2 fully saturated rings. The Bertz CT molecular complexity index is 674. The number of esters is 1. The van der Waals surface area contributed by atoms with Gasteiger partial charge in [0.25, 0.3) is 0 Å². The molecule has 1 aromatic carbocycles.